The average Bonchev–Trinajstić information content (AvgIpc) is 1.99. The van der Waals surface area contributed by atoms with Gasteiger partial charge in [0.1, 0.15) is 5.82 Å². The molecule has 1 unspecified atom stereocenters. The van der Waals surface area contributed by atoms with Gasteiger partial charge in [-0.2, -0.15) is 0 Å². The van der Waals surface area contributed by atoms with Crippen molar-refractivity contribution in [2.24, 2.45) is 11.7 Å². The number of benzene rings is 1. The molecule has 0 spiro atoms. The maximum Gasteiger partial charge on any atom is 0.123 e. The van der Waals surface area contributed by atoms with Crippen LogP contribution in [0.25, 0.3) is 0 Å². The Labute approximate surface area is 91.5 Å². The van der Waals surface area contributed by atoms with E-state index in [-0.39, 0.29) is 11.4 Å². The molecule has 1 nitrogen and oxygen atoms in total. The van der Waals surface area contributed by atoms with Crippen molar-refractivity contribution in [1.82, 2.24) is 0 Å². The molecule has 0 aromatic heterocycles. The Bertz CT molecular complexity index is 318. The first-order valence-corrected chi connectivity index (χ1v) is 5.42. The molecule has 0 radical (unpaired) electrons. The van der Waals surface area contributed by atoms with E-state index < -0.39 is 0 Å². The second kappa shape index (κ2) is 4.75. The second-order valence-electron chi connectivity index (χ2n) is 5.06. The van der Waals surface area contributed by atoms with Crippen molar-refractivity contribution < 1.29 is 4.39 Å². The van der Waals surface area contributed by atoms with Gasteiger partial charge in [-0.05, 0) is 43.4 Å². The molecule has 0 saturated carbocycles. The molecule has 1 atom stereocenters. The molecule has 0 aliphatic heterocycles. The van der Waals surface area contributed by atoms with Crippen LogP contribution in [0.3, 0.4) is 0 Å². The van der Waals surface area contributed by atoms with Crippen molar-refractivity contribution in [3.8, 4) is 0 Å². The predicted octanol–water partition coefficient (Wildman–Crippen LogP) is 3.13. The van der Waals surface area contributed by atoms with E-state index >= 15 is 0 Å². The Morgan fingerprint density at radius 3 is 2.60 bits per heavy atom. The minimum absolute atomic E-state index is 0.187. The van der Waals surface area contributed by atoms with E-state index in [1.54, 1.807) is 12.1 Å². The minimum Gasteiger partial charge on any atom is -0.325 e. The summed E-state index contributed by atoms with van der Waals surface area (Å²) in [5.41, 5.74) is 6.90. The van der Waals surface area contributed by atoms with E-state index in [1.807, 2.05) is 13.0 Å². The van der Waals surface area contributed by atoms with Crippen molar-refractivity contribution in [2.45, 2.75) is 39.2 Å². The summed E-state index contributed by atoms with van der Waals surface area (Å²) >= 11 is 0. The number of nitrogens with two attached hydrogens (primary N) is 1. The monoisotopic (exact) mass is 209 g/mol. The molecular weight excluding hydrogens is 189 g/mol. The zero-order valence-electron chi connectivity index (χ0n) is 9.76. The van der Waals surface area contributed by atoms with Crippen molar-refractivity contribution in [1.29, 1.82) is 0 Å². The maximum atomic E-state index is 13.0. The van der Waals surface area contributed by atoms with Gasteiger partial charge in [0.25, 0.3) is 0 Å². The molecule has 1 aromatic rings. The summed E-state index contributed by atoms with van der Waals surface area (Å²) < 4.78 is 13.0. The summed E-state index contributed by atoms with van der Waals surface area (Å²) in [5.74, 6) is 0.376. The lowest BCUT2D eigenvalue weighted by Gasteiger charge is -2.26. The van der Waals surface area contributed by atoms with E-state index in [2.05, 4.69) is 13.8 Å². The third-order valence-electron chi connectivity index (χ3n) is 2.37. The third-order valence-corrected chi connectivity index (χ3v) is 2.37. The van der Waals surface area contributed by atoms with Gasteiger partial charge in [0.05, 0.1) is 0 Å². The molecule has 2 heteroatoms. The van der Waals surface area contributed by atoms with Crippen LogP contribution in [-0.2, 0) is 6.42 Å². The Morgan fingerprint density at radius 2 is 2.07 bits per heavy atom. The van der Waals surface area contributed by atoms with Gasteiger partial charge < -0.3 is 5.73 Å². The summed E-state index contributed by atoms with van der Waals surface area (Å²) in [6, 6.07) is 6.68. The molecule has 84 valence electrons. The number of hydrogen-bond donors (Lipinski definition) is 1. The van der Waals surface area contributed by atoms with E-state index in [0.29, 0.717) is 5.92 Å². The highest BCUT2D eigenvalue weighted by Gasteiger charge is 2.20. The molecule has 0 aliphatic carbocycles. The second-order valence-corrected chi connectivity index (χ2v) is 5.06. The zero-order chi connectivity index (χ0) is 11.5. The standard InChI is InChI=1S/C13H20FN/c1-10(2)8-13(3,15)9-11-5-4-6-12(14)7-11/h4-7,10H,8-9,15H2,1-3H3. The maximum absolute atomic E-state index is 13.0. The highest BCUT2D eigenvalue weighted by atomic mass is 19.1. The van der Waals surface area contributed by atoms with Gasteiger partial charge >= 0.3 is 0 Å². The first-order chi connectivity index (χ1) is 6.89. The van der Waals surface area contributed by atoms with Crippen LogP contribution in [0.15, 0.2) is 24.3 Å². The molecule has 0 saturated heterocycles. The Balaban J connectivity index is 2.68. The van der Waals surface area contributed by atoms with Gasteiger partial charge in [-0.25, -0.2) is 4.39 Å². The van der Waals surface area contributed by atoms with Crippen LogP contribution < -0.4 is 5.73 Å². The molecule has 0 aliphatic rings. The van der Waals surface area contributed by atoms with Crippen LogP contribution >= 0.6 is 0 Å². The molecule has 1 rings (SSSR count). The summed E-state index contributed by atoms with van der Waals surface area (Å²) in [4.78, 5) is 0. The smallest absolute Gasteiger partial charge is 0.123 e. The minimum atomic E-state index is -0.248. The molecule has 0 fully saturated rings. The lowest BCUT2D eigenvalue weighted by molar-refractivity contribution is 0.367. The van der Waals surface area contributed by atoms with Crippen LogP contribution in [-0.4, -0.2) is 5.54 Å². The third kappa shape index (κ3) is 4.43. The molecule has 2 N–H and O–H groups in total. The largest absolute Gasteiger partial charge is 0.325 e. The van der Waals surface area contributed by atoms with Crippen LogP contribution in [0.2, 0.25) is 0 Å². The molecular formula is C13H20FN. The van der Waals surface area contributed by atoms with Crippen LogP contribution in [0, 0.1) is 11.7 Å². The number of halogens is 1. The summed E-state index contributed by atoms with van der Waals surface area (Å²) in [6.45, 7) is 6.32. The Kier molecular flexibility index (Phi) is 3.86. The van der Waals surface area contributed by atoms with E-state index in [1.165, 1.54) is 6.07 Å². The summed E-state index contributed by atoms with van der Waals surface area (Å²) in [7, 11) is 0. The van der Waals surface area contributed by atoms with Crippen molar-refractivity contribution in [2.75, 3.05) is 0 Å². The quantitative estimate of drug-likeness (QED) is 0.810. The first kappa shape index (κ1) is 12.2. The van der Waals surface area contributed by atoms with Gasteiger partial charge in [-0.3, -0.25) is 0 Å². The van der Waals surface area contributed by atoms with Crippen LogP contribution in [0.5, 0.6) is 0 Å². The molecule has 0 bridgehead atoms. The van der Waals surface area contributed by atoms with E-state index in [9.17, 15) is 4.39 Å². The lowest BCUT2D eigenvalue weighted by Crippen LogP contribution is -2.39. The van der Waals surface area contributed by atoms with Gasteiger partial charge in [-0.15, -0.1) is 0 Å². The van der Waals surface area contributed by atoms with Gasteiger partial charge in [0, 0.05) is 5.54 Å². The topological polar surface area (TPSA) is 26.0 Å². The Hall–Kier alpha value is -0.890. The highest BCUT2D eigenvalue weighted by Crippen LogP contribution is 2.19. The fourth-order valence-corrected chi connectivity index (χ4v) is 2.12. The summed E-state index contributed by atoms with van der Waals surface area (Å²) in [6.07, 6.45) is 1.67. The van der Waals surface area contributed by atoms with Crippen molar-refractivity contribution in [3.63, 3.8) is 0 Å². The van der Waals surface area contributed by atoms with Gasteiger partial charge in [-0.1, -0.05) is 26.0 Å². The zero-order valence-corrected chi connectivity index (χ0v) is 9.76. The highest BCUT2D eigenvalue weighted by molar-refractivity contribution is 5.18. The lowest BCUT2D eigenvalue weighted by atomic mass is 9.86. The first-order valence-electron chi connectivity index (χ1n) is 5.42. The van der Waals surface area contributed by atoms with Gasteiger partial charge in [0.2, 0.25) is 0 Å². The van der Waals surface area contributed by atoms with Crippen LogP contribution in [0.4, 0.5) is 4.39 Å². The summed E-state index contributed by atoms with van der Waals surface area (Å²) in [5, 5.41) is 0. The van der Waals surface area contributed by atoms with Crippen molar-refractivity contribution in [3.05, 3.63) is 35.6 Å². The van der Waals surface area contributed by atoms with E-state index in [0.717, 1.165) is 18.4 Å². The van der Waals surface area contributed by atoms with Crippen molar-refractivity contribution >= 4 is 0 Å². The van der Waals surface area contributed by atoms with Gasteiger partial charge in [0.15, 0.2) is 0 Å². The molecule has 0 amide bonds. The van der Waals surface area contributed by atoms with Crippen LogP contribution in [0.1, 0.15) is 32.8 Å². The Morgan fingerprint density at radius 1 is 1.40 bits per heavy atom. The molecule has 1 aromatic carbocycles. The molecule has 15 heavy (non-hydrogen) atoms. The normalized spacial score (nSPS) is 15.3. The fraction of sp³-hybridized carbons (Fsp3) is 0.538. The number of hydrogen-bond acceptors (Lipinski definition) is 1. The number of rotatable bonds is 4. The predicted molar refractivity (Wildman–Crippen MR) is 62.2 cm³/mol. The SMILES string of the molecule is CC(C)CC(C)(N)Cc1cccc(F)c1. The van der Waals surface area contributed by atoms with E-state index in [4.69, 9.17) is 5.73 Å². The molecule has 0 heterocycles. The fourth-order valence-electron chi connectivity index (χ4n) is 2.12. The average molecular weight is 209 g/mol.